The van der Waals surface area contributed by atoms with E-state index in [0.717, 1.165) is 35.5 Å². The van der Waals surface area contributed by atoms with E-state index in [1.807, 2.05) is 18.2 Å². The second kappa shape index (κ2) is 12.2. The number of hydrogen-bond acceptors (Lipinski definition) is 4. The third kappa shape index (κ3) is 7.29. The third-order valence-electron chi connectivity index (χ3n) is 4.12. The van der Waals surface area contributed by atoms with E-state index < -0.39 is 0 Å². The maximum Gasteiger partial charge on any atom is 0.191 e. The van der Waals surface area contributed by atoms with Gasteiger partial charge in [0.25, 0.3) is 0 Å². The number of aromatic nitrogens is 1. The minimum absolute atomic E-state index is 0. The van der Waals surface area contributed by atoms with Gasteiger partial charge in [0.2, 0.25) is 0 Å². The number of guanidine groups is 1. The highest BCUT2D eigenvalue weighted by Crippen LogP contribution is 2.25. The number of halogens is 1. The molecule has 0 fully saturated rings. The molecule has 0 aliphatic heterocycles. The van der Waals surface area contributed by atoms with Gasteiger partial charge in [-0.3, -0.25) is 0 Å². The van der Waals surface area contributed by atoms with Crippen molar-refractivity contribution in [3.05, 3.63) is 45.9 Å². The van der Waals surface area contributed by atoms with Crippen LogP contribution in [0.4, 0.5) is 0 Å². The molecule has 1 atom stereocenters. The van der Waals surface area contributed by atoms with Crippen LogP contribution in [0, 0.1) is 0 Å². The molecule has 0 saturated heterocycles. The monoisotopic (exact) mass is 502 g/mol. The molecule has 0 bridgehead atoms. The van der Waals surface area contributed by atoms with Gasteiger partial charge in [-0.1, -0.05) is 39.0 Å². The molecule has 1 aromatic heterocycles. The molecule has 5 nitrogen and oxygen atoms in total. The van der Waals surface area contributed by atoms with Crippen LogP contribution in [0.15, 0.2) is 34.6 Å². The number of nitrogens with zero attached hydrogens (tertiary/aromatic N) is 2. The summed E-state index contributed by atoms with van der Waals surface area (Å²) in [4.78, 5) is 9.32. The Morgan fingerprint density at radius 1 is 1.22 bits per heavy atom. The van der Waals surface area contributed by atoms with Crippen LogP contribution in [0.5, 0.6) is 5.75 Å². The second-order valence-electron chi connectivity index (χ2n) is 6.54. The van der Waals surface area contributed by atoms with Gasteiger partial charge in [0.05, 0.1) is 19.3 Å². The van der Waals surface area contributed by atoms with Gasteiger partial charge in [0.15, 0.2) is 5.96 Å². The Morgan fingerprint density at radius 3 is 2.59 bits per heavy atom. The number of aliphatic imine (C=N–C) groups is 1. The van der Waals surface area contributed by atoms with Crippen LogP contribution in [0.2, 0.25) is 0 Å². The van der Waals surface area contributed by atoms with Gasteiger partial charge in [0.1, 0.15) is 10.8 Å². The van der Waals surface area contributed by atoms with Crippen molar-refractivity contribution >= 4 is 41.3 Å². The van der Waals surface area contributed by atoms with Crippen molar-refractivity contribution in [2.24, 2.45) is 4.99 Å². The van der Waals surface area contributed by atoms with Crippen LogP contribution >= 0.6 is 35.3 Å². The van der Waals surface area contributed by atoms with E-state index in [4.69, 9.17) is 4.74 Å². The van der Waals surface area contributed by atoms with Crippen LogP contribution in [-0.4, -0.2) is 31.1 Å². The van der Waals surface area contributed by atoms with Crippen molar-refractivity contribution in [2.45, 2.75) is 46.1 Å². The summed E-state index contributed by atoms with van der Waals surface area (Å²) in [5.41, 5.74) is 2.34. The minimum Gasteiger partial charge on any atom is -0.496 e. The Morgan fingerprint density at radius 2 is 1.96 bits per heavy atom. The Labute approximate surface area is 184 Å². The molecular formula is C20H31IN4OS. The summed E-state index contributed by atoms with van der Waals surface area (Å²) in [6.45, 7) is 10.8. The zero-order valence-corrected chi connectivity index (χ0v) is 19.9. The molecule has 0 amide bonds. The third-order valence-corrected chi connectivity index (χ3v) is 4.98. The highest BCUT2D eigenvalue weighted by molar-refractivity contribution is 14.0. The number of para-hydroxylation sites is 1. The van der Waals surface area contributed by atoms with Crippen LogP contribution in [-0.2, 0) is 6.54 Å². The van der Waals surface area contributed by atoms with Gasteiger partial charge in [-0.15, -0.1) is 35.3 Å². The standard InChI is InChI=1S/C20H30N4OS.HI/c1-6-21-20(23-12-19-24-17(13-26-19)14(2)3)22-11-15(4)16-9-7-8-10-18(16)25-5;/h7-10,13-15H,6,11-12H2,1-5H3,(H2,21,22,23);1H. The average molecular weight is 502 g/mol. The zero-order chi connectivity index (χ0) is 18.9. The Hall–Kier alpha value is -1.35. The van der Waals surface area contributed by atoms with Crippen LogP contribution in [0.1, 0.15) is 55.8 Å². The molecule has 2 N–H and O–H groups in total. The molecule has 1 heterocycles. The lowest BCUT2D eigenvalue weighted by Crippen LogP contribution is -2.39. The molecule has 150 valence electrons. The number of rotatable bonds is 8. The quantitative estimate of drug-likeness (QED) is 0.311. The van der Waals surface area contributed by atoms with Gasteiger partial charge in [0, 0.05) is 24.4 Å². The van der Waals surface area contributed by atoms with E-state index in [1.165, 1.54) is 5.56 Å². The fraction of sp³-hybridized carbons (Fsp3) is 0.500. The molecule has 1 aromatic carbocycles. The number of hydrogen-bond donors (Lipinski definition) is 2. The first-order valence-corrected chi connectivity index (χ1v) is 10.0. The van der Waals surface area contributed by atoms with Gasteiger partial charge in [-0.25, -0.2) is 9.98 Å². The number of methoxy groups -OCH3 is 1. The summed E-state index contributed by atoms with van der Waals surface area (Å²) in [6.07, 6.45) is 0. The predicted octanol–water partition coefficient (Wildman–Crippen LogP) is 4.75. The van der Waals surface area contributed by atoms with Gasteiger partial charge < -0.3 is 15.4 Å². The lowest BCUT2D eigenvalue weighted by Gasteiger charge is -2.18. The molecule has 0 aliphatic rings. The first-order chi connectivity index (χ1) is 12.5. The lowest BCUT2D eigenvalue weighted by molar-refractivity contribution is 0.406. The fourth-order valence-corrected chi connectivity index (χ4v) is 3.46. The van der Waals surface area contributed by atoms with E-state index in [9.17, 15) is 0 Å². The summed E-state index contributed by atoms with van der Waals surface area (Å²) in [6, 6.07) is 8.15. The largest absolute Gasteiger partial charge is 0.496 e. The summed E-state index contributed by atoms with van der Waals surface area (Å²) in [7, 11) is 1.71. The Balaban J connectivity index is 0.00000364. The highest BCUT2D eigenvalue weighted by atomic mass is 127. The average Bonchev–Trinajstić information content (AvgIpc) is 3.13. The van der Waals surface area contributed by atoms with E-state index in [-0.39, 0.29) is 24.0 Å². The van der Waals surface area contributed by atoms with E-state index in [1.54, 1.807) is 18.4 Å². The number of benzene rings is 1. The van der Waals surface area contributed by atoms with Gasteiger partial charge in [-0.05, 0) is 24.5 Å². The van der Waals surface area contributed by atoms with Crippen molar-refractivity contribution in [1.82, 2.24) is 15.6 Å². The molecular weight excluding hydrogens is 471 g/mol. The first-order valence-electron chi connectivity index (χ1n) is 9.14. The molecule has 0 aliphatic carbocycles. The Kier molecular flexibility index (Phi) is 10.7. The first kappa shape index (κ1) is 23.7. The molecule has 0 saturated carbocycles. The van der Waals surface area contributed by atoms with Crippen molar-refractivity contribution in [2.75, 3.05) is 20.2 Å². The molecule has 1 unspecified atom stereocenters. The summed E-state index contributed by atoms with van der Waals surface area (Å²) in [5, 5.41) is 9.90. The number of nitrogens with one attached hydrogen (secondary N) is 2. The predicted molar refractivity (Wildman–Crippen MR) is 126 cm³/mol. The summed E-state index contributed by atoms with van der Waals surface area (Å²) in [5.74, 6) is 2.50. The van der Waals surface area contributed by atoms with E-state index in [2.05, 4.69) is 59.8 Å². The Bertz CT molecular complexity index is 718. The zero-order valence-electron chi connectivity index (χ0n) is 16.8. The molecule has 27 heavy (non-hydrogen) atoms. The topological polar surface area (TPSA) is 58.5 Å². The van der Waals surface area contributed by atoms with Gasteiger partial charge in [-0.2, -0.15) is 0 Å². The fourth-order valence-electron chi connectivity index (χ4n) is 2.58. The molecule has 0 spiro atoms. The maximum absolute atomic E-state index is 5.47. The number of ether oxygens (including phenoxy) is 1. The van der Waals surface area contributed by atoms with E-state index >= 15 is 0 Å². The molecule has 7 heteroatoms. The van der Waals surface area contributed by atoms with Crippen molar-refractivity contribution in [1.29, 1.82) is 0 Å². The molecule has 2 rings (SSSR count). The van der Waals surface area contributed by atoms with Crippen LogP contribution in [0.3, 0.4) is 0 Å². The second-order valence-corrected chi connectivity index (χ2v) is 7.48. The lowest BCUT2D eigenvalue weighted by atomic mass is 10.0. The SMILES string of the molecule is CCNC(=NCc1nc(C(C)C)cs1)NCC(C)c1ccccc1OC.I. The van der Waals surface area contributed by atoms with Gasteiger partial charge >= 0.3 is 0 Å². The normalized spacial score (nSPS) is 12.4. The van der Waals surface area contributed by atoms with Crippen LogP contribution in [0.25, 0.3) is 0 Å². The van der Waals surface area contributed by atoms with Crippen molar-refractivity contribution in [3.63, 3.8) is 0 Å². The van der Waals surface area contributed by atoms with Crippen LogP contribution < -0.4 is 15.4 Å². The number of thiazole rings is 1. The van der Waals surface area contributed by atoms with Crippen molar-refractivity contribution < 1.29 is 4.74 Å². The summed E-state index contributed by atoms with van der Waals surface area (Å²) < 4.78 is 5.47. The maximum atomic E-state index is 5.47. The van der Waals surface area contributed by atoms with Crippen molar-refractivity contribution in [3.8, 4) is 5.75 Å². The smallest absolute Gasteiger partial charge is 0.191 e. The van der Waals surface area contributed by atoms with E-state index in [0.29, 0.717) is 18.4 Å². The summed E-state index contributed by atoms with van der Waals surface area (Å²) >= 11 is 1.67. The minimum atomic E-state index is 0. The highest BCUT2D eigenvalue weighted by Gasteiger charge is 2.12. The molecule has 2 aromatic rings. The molecule has 0 radical (unpaired) electrons.